The Hall–Kier alpha value is -1.85. The number of ether oxygens (including phenoxy) is 1. The van der Waals surface area contributed by atoms with Crippen LogP contribution in [0.4, 0.5) is 0 Å². The molecule has 2 rings (SSSR count). The minimum absolute atomic E-state index is 0.237. The van der Waals surface area contributed by atoms with Crippen LogP contribution in [0.5, 0.6) is 5.75 Å². The van der Waals surface area contributed by atoms with Gasteiger partial charge in [0.05, 0.1) is 6.54 Å². The largest absolute Gasteiger partial charge is 0.490 e. The van der Waals surface area contributed by atoms with Crippen LogP contribution in [0.15, 0.2) is 36.7 Å². The first-order chi connectivity index (χ1) is 10.2. The van der Waals surface area contributed by atoms with E-state index in [2.05, 4.69) is 11.9 Å². The molecular formula is C16H23N3O2. The number of para-hydroxylation sites is 1. The number of hydrogen-bond acceptors (Lipinski definition) is 4. The number of aliphatic hydroxyl groups is 1. The van der Waals surface area contributed by atoms with E-state index in [9.17, 15) is 5.11 Å². The molecule has 1 atom stereocenters. The SMILES string of the molecule is CCCc1nccn1CC(O)COc1ccccc1CN. The average molecular weight is 289 g/mol. The molecule has 1 heterocycles. The van der Waals surface area contributed by atoms with E-state index in [-0.39, 0.29) is 6.61 Å². The van der Waals surface area contributed by atoms with Gasteiger partial charge in [0.1, 0.15) is 24.3 Å². The molecule has 0 bridgehead atoms. The lowest BCUT2D eigenvalue weighted by Gasteiger charge is -2.16. The number of nitrogens with two attached hydrogens (primary N) is 1. The van der Waals surface area contributed by atoms with Gasteiger partial charge in [-0.25, -0.2) is 4.98 Å². The number of aliphatic hydroxyl groups excluding tert-OH is 1. The van der Waals surface area contributed by atoms with Gasteiger partial charge in [0.15, 0.2) is 0 Å². The van der Waals surface area contributed by atoms with Crippen molar-refractivity contribution in [3.05, 3.63) is 48.0 Å². The van der Waals surface area contributed by atoms with Crippen molar-refractivity contribution in [2.45, 2.75) is 39.0 Å². The lowest BCUT2D eigenvalue weighted by Crippen LogP contribution is -2.24. The fourth-order valence-electron chi connectivity index (χ4n) is 2.24. The third-order valence-electron chi connectivity index (χ3n) is 3.31. The third-order valence-corrected chi connectivity index (χ3v) is 3.31. The normalized spacial score (nSPS) is 12.3. The number of rotatable bonds is 8. The topological polar surface area (TPSA) is 73.3 Å². The van der Waals surface area contributed by atoms with E-state index < -0.39 is 6.10 Å². The molecule has 1 aromatic carbocycles. The summed E-state index contributed by atoms with van der Waals surface area (Å²) in [5.41, 5.74) is 6.61. The fraction of sp³-hybridized carbons (Fsp3) is 0.438. The molecule has 1 aromatic heterocycles. The van der Waals surface area contributed by atoms with Crippen LogP contribution in [0.1, 0.15) is 24.7 Å². The molecule has 0 amide bonds. The molecule has 114 valence electrons. The molecule has 0 saturated carbocycles. The maximum atomic E-state index is 10.1. The first kappa shape index (κ1) is 15.5. The van der Waals surface area contributed by atoms with Crippen molar-refractivity contribution < 1.29 is 9.84 Å². The molecule has 0 spiro atoms. The monoisotopic (exact) mass is 289 g/mol. The fourth-order valence-corrected chi connectivity index (χ4v) is 2.24. The Morgan fingerprint density at radius 3 is 2.95 bits per heavy atom. The number of nitrogens with zero attached hydrogens (tertiary/aromatic N) is 2. The Morgan fingerprint density at radius 1 is 1.38 bits per heavy atom. The first-order valence-electron chi connectivity index (χ1n) is 7.33. The van der Waals surface area contributed by atoms with Crippen LogP contribution in [0.2, 0.25) is 0 Å². The summed E-state index contributed by atoms with van der Waals surface area (Å²) >= 11 is 0. The molecule has 21 heavy (non-hydrogen) atoms. The second-order valence-corrected chi connectivity index (χ2v) is 5.02. The molecule has 0 fully saturated rings. The van der Waals surface area contributed by atoms with Gasteiger partial charge in [0, 0.05) is 30.9 Å². The van der Waals surface area contributed by atoms with Gasteiger partial charge >= 0.3 is 0 Å². The van der Waals surface area contributed by atoms with Gasteiger partial charge < -0.3 is 20.1 Å². The Kier molecular flexibility index (Phi) is 5.78. The predicted octanol–water partition coefficient (Wildman–Crippen LogP) is 1.73. The number of benzene rings is 1. The van der Waals surface area contributed by atoms with E-state index in [1.54, 1.807) is 6.20 Å². The van der Waals surface area contributed by atoms with Crippen molar-refractivity contribution in [2.24, 2.45) is 5.73 Å². The van der Waals surface area contributed by atoms with Gasteiger partial charge in [-0.2, -0.15) is 0 Å². The van der Waals surface area contributed by atoms with Crippen LogP contribution in [-0.4, -0.2) is 27.4 Å². The molecule has 0 aliphatic rings. The summed E-state index contributed by atoms with van der Waals surface area (Å²) in [6, 6.07) is 7.62. The van der Waals surface area contributed by atoms with Crippen molar-refractivity contribution in [2.75, 3.05) is 6.61 Å². The van der Waals surface area contributed by atoms with Crippen LogP contribution in [0, 0.1) is 0 Å². The van der Waals surface area contributed by atoms with Crippen LogP contribution in [-0.2, 0) is 19.5 Å². The van der Waals surface area contributed by atoms with Crippen LogP contribution in [0.25, 0.3) is 0 Å². The Bertz CT molecular complexity index is 554. The lowest BCUT2D eigenvalue weighted by atomic mass is 10.2. The molecule has 5 heteroatoms. The molecule has 5 nitrogen and oxygen atoms in total. The van der Waals surface area contributed by atoms with Crippen LogP contribution < -0.4 is 10.5 Å². The third kappa shape index (κ3) is 4.31. The van der Waals surface area contributed by atoms with Crippen molar-refractivity contribution in [1.82, 2.24) is 9.55 Å². The van der Waals surface area contributed by atoms with E-state index in [4.69, 9.17) is 10.5 Å². The smallest absolute Gasteiger partial charge is 0.123 e. The summed E-state index contributed by atoms with van der Waals surface area (Å²) < 4.78 is 7.65. The standard InChI is InChI=1S/C16H23N3O2/c1-2-5-16-18-8-9-19(16)11-14(20)12-21-15-7-4-3-6-13(15)10-17/h3-4,6-9,14,20H,2,5,10-12,17H2,1H3. The summed E-state index contributed by atoms with van der Waals surface area (Å²) in [5.74, 6) is 1.73. The zero-order valence-electron chi connectivity index (χ0n) is 12.4. The molecule has 3 N–H and O–H groups in total. The van der Waals surface area contributed by atoms with Crippen LogP contribution >= 0.6 is 0 Å². The second kappa shape index (κ2) is 7.81. The van der Waals surface area contributed by atoms with Gasteiger partial charge in [-0.05, 0) is 12.5 Å². The highest BCUT2D eigenvalue weighted by atomic mass is 16.5. The van der Waals surface area contributed by atoms with Crippen molar-refractivity contribution in [3.8, 4) is 5.75 Å². The van der Waals surface area contributed by atoms with E-state index in [0.29, 0.717) is 13.1 Å². The Balaban J connectivity index is 1.90. The molecular weight excluding hydrogens is 266 g/mol. The number of aromatic nitrogens is 2. The highest BCUT2D eigenvalue weighted by Crippen LogP contribution is 2.17. The highest BCUT2D eigenvalue weighted by Gasteiger charge is 2.10. The first-order valence-corrected chi connectivity index (χ1v) is 7.33. The number of imidazole rings is 1. The Morgan fingerprint density at radius 2 is 2.19 bits per heavy atom. The maximum Gasteiger partial charge on any atom is 0.123 e. The van der Waals surface area contributed by atoms with E-state index in [1.165, 1.54) is 0 Å². The number of hydrogen-bond donors (Lipinski definition) is 2. The van der Waals surface area contributed by atoms with Gasteiger partial charge in [-0.3, -0.25) is 0 Å². The summed E-state index contributed by atoms with van der Waals surface area (Å²) in [6.45, 7) is 3.26. The van der Waals surface area contributed by atoms with E-state index in [1.807, 2.05) is 35.0 Å². The van der Waals surface area contributed by atoms with E-state index in [0.717, 1.165) is 30.0 Å². The zero-order chi connectivity index (χ0) is 15.1. The van der Waals surface area contributed by atoms with Gasteiger partial charge in [0.25, 0.3) is 0 Å². The molecule has 0 radical (unpaired) electrons. The van der Waals surface area contributed by atoms with E-state index >= 15 is 0 Å². The van der Waals surface area contributed by atoms with Gasteiger partial charge in [0.2, 0.25) is 0 Å². The summed E-state index contributed by atoms with van der Waals surface area (Å²) in [4.78, 5) is 4.30. The van der Waals surface area contributed by atoms with Gasteiger partial charge in [-0.15, -0.1) is 0 Å². The van der Waals surface area contributed by atoms with Gasteiger partial charge in [-0.1, -0.05) is 25.1 Å². The average Bonchev–Trinajstić information content (AvgIpc) is 2.93. The quantitative estimate of drug-likeness (QED) is 0.776. The second-order valence-electron chi connectivity index (χ2n) is 5.02. The predicted molar refractivity (Wildman–Crippen MR) is 82.1 cm³/mol. The summed E-state index contributed by atoms with van der Waals surface area (Å²) in [7, 11) is 0. The minimum atomic E-state index is -0.583. The maximum absolute atomic E-state index is 10.1. The minimum Gasteiger partial charge on any atom is -0.490 e. The Labute approximate surface area is 125 Å². The lowest BCUT2D eigenvalue weighted by molar-refractivity contribution is 0.0912. The summed E-state index contributed by atoms with van der Waals surface area (Å²) in [6.07, 6.45) is 5.02. The van der Waals surface area contributed by atoms with Crippen molar-refractivity contribution in [3.63, 3.8) is 0 Å². The molecule has 1 unspecified atom stereocenters. The molecule has 0 saturated heterocycles. The zero-order valence-corrected chi connectivity index (χ0v) is 12.4. The summed E-state index contributed by atoms with van der Waals surface area (Å²) in [5, 5.41) is 10.1. The van der Waals surface area contributed by atoms with Crippen molar-refractivity contribution in [1.29, 1.82) is 0 Å². The van der Waals surface area contributed by atoms with Crippen molar-refractivity contribution >= 4 is 0 Å². The number of aryl methyl sites for hydroxylation is 1. The molecule has 0 aliphatic heterocycles. The highest BCUT2D eigenvalue weighted by molar-refractivity contribution is 5.32. The molecule has 2 aromatic rings. The molecule has 0 aliphatic carbocycles. The van der Waals surface area contributed by atoms with Crippen LogP contribution in [0.3, 0.4) is 0 Å².